The van der Waals surface area contributed by atoms with Gasteiger partial charge in [-0.05, 0) is 71.4 Å². The standard InChI is InChI=1S/C48H30O/c1-3-12-33(13-4-1)45-46(34-14-5-2-6-15-34)48(42-30-28-37-24-23-35-17-9-18-36-27-29-41(42)44(37)43(35)36)49-47(45)38-25-21-32(22-26-38)40-20-10-16-31-11-7-8-19-39(31)40/h1-30H/i7D,8D,10D,11D,19D,20D. The first kappa shape index (κ1) is 22.2. The van der Waals surface area contributed by atoms with Crippen LogP contribution in [-0.4, -0.2) is 0 Å². The summed E-state index contributed by atoms with van der Waals surface area (Å²) in [5, 5.41) is 7.52. The third-order valence-electron chi connectivity index (χ3n) is 9.62. The SMILES string of the molecule is [2H]c1cc2c([2H])c([2H])c([2H])c([2H])c2c(-c2ccc(-c3oc(-c4ccc5ccc6cccc7ccc4c5c67)c(-c4ccccc4)c3-c3ccccc3)cc2)c1[2H]. The smallest absolute Gasteiger partial charge is 0.143 e. The van der Waals surface area contributed by atoms with Crippen molar-refractivity contribution in [3.63, 3.8) is 0 Å². The maximum atomic E-state index is 8.88. The molecule has 0 radical (unpaired) electrons. The highest BCUT2D eigenvalue weighted by Crippen LogP contribution is 2.51. The number of rotatable bonds is 5. The van der Waals surface area contributed by atoms with Gasteiger partial charge in [0.1, 0.15) is 11.5 Å². The lowest BCUT2D eigenvalue weighted by molar-refractivity contribution is 0.599. The fourth-order valence-electron chi connectivity index (χ4n) is 7.39. The summed E-state index contributed by atoms with van der Waals surface area (Å²) in [6.45, 7) is 0. The molecular weight excluding hydrogens is 593 g/mol. The van der Waals surface area contributed by atoms with Crippen LogP contribution in [0.2, 0.25) is 0 Å². The molecule has 0 bridgehead atoms. The van der Waals surface area contributed by atoms with E-state index in [4.69, 9.17) is 12.6 Å². The molecule has 1 nitrogen and oxygen atoms in total. The third-order valence-corrected chi connectivity index (χ3v) is 9.62. The summed E-state index contributed by atoms with van der Waals surface area (Å²) < 4.78 is 58.5. The first-order valence-electron chi connectivity index (χ1n) is 19.4. The maximum Gasteiger partial charge on any atom is 0.143 e. The summed E-state index contributed by atoms with van der Waals surface area (Å²) in [6, 6.07) is 47.6. The van der Waals surface area contributed by atoms with Crippen molar-refractivity contribution in [2.24, 2.45) is 0 Å². The molecular formula is C48H30O. The molecule has 0 saturated heterocycles. The fraction of sp³-hybridized carbons (Fsp3) is 0. The predicted octanol–water partition coefficient (Wildman–Crippen LogP) is 13.7. The van der Waals surface area contributed by atoms with Crippen molar-refractivity contribution in [1.29, 1.82) is 0 Å². The van der Waals surface area contributed by atoms with E-state index in [1.54, 1.807) is 0 Å². The van der Waals surface area contributed by atoms with Crippen LogP contribution >= 0.6 is 0 Å². The molecule has 0 atom stereocenters. The zero-order valence-electron chi connectivity index (χ0n) is 32.3. The monoisotopic (exact) mass is 628 g/mol. The number of hydrogen-bond acceptors (Lipinski definition) is 1. The minimum atomic E-state index is -0.372. The van der Waals surface area contributed by atoms with Gasteiger partial charge < -0.3 is 4.42 Å². The van der Waals surface area contributed by atoms with Crippen molar-refractivity contribution in [3.05, 3.63) is 182 Å². The minimum Gasteiger partial charge on any atom is -0.455 e. The Morgan fingerprint density at radius 2 is 0.959 bits per heavy atom. The van der Waals surface area contributed by atoms with Crippen LogP contribution in [0.15, 0.2) is 186 Å². The van der Waals surface area contributed by atoms with Gasteiger partial charge in [0.25, 0.3) is 0 Å². The van der Waals surface area contributed by atoms with Gasteiger partial charge in [0.05, 0.1) is 8.22 Å². The minimum absolute atomic E-state index is 0.101. The van der Waals surface area contributed by atoms with E-state index in [-0.39, 0.29) is 47.0 Å². The number of furan rings is 1. The van der Waals surface area contributed by atoms with Gasteiger partial charge in [-0.3, -0.25) is 0 Å². The Labute approximate surface area is 293 Å². The molecule has 9 aromatic carbocycles. The van der Waals surface area contributed by atoms with Crippen molar-refractivity contribution in [2.45, 2.75) is 0 Å². The van der Waals surface area contributed by atoms with E-state index in [1.165, 1.54) is 27.6 Å². The molecule has 10 aromatic rings. The third kappa shape index (κ3) is 4.40. The van der Waals surface area contributed by atoms with Crippen molar-refractivity contribution in [1.82, 2.24) is 0 Å². The van der Waals surface area contributed by atoms with E-state index in [9.17, 15) is 0 Å². The first-order valence-corrected chi connectivity index (χ1v) is 16.4. The Morgan fingerprint density at radius 1 is 0.347 bits per heavy atom. The van der Waals surface area contributed by atoms with Gasteiger partial charge in [0, 0.05) is 22.3 Å². The highest BCUT2D eigenvalue weighted by Gasteiger charge is 2.26. The van der Waals surface area contributed by atoms with Crippen LogP contribution in [0, 0.1) is 0 Å². The summed E-state index contributed by atoms with van der Waals surface area (Å²) in [4.78, 5) is 0. The number of fused-ring (bicyclic) bond motifs is 1. The zero-order valence-corrected chi connectivity index (χ0v) is 26.3. The van der Waals surface area contributed by atoms with E-state index < -0.39 is 0 Å². The van der Waals surface area contributed by atoms with Crippen molar-refractivity contribution >= 4 is 43.1 Å². The van der Waals surface area contributed by atoms with Gasteiger partial charge in [-0.2, -0.15) is 0 Å². The molecule has 0 N–H and O–H groups in total. The van der Waals surface area contributed by atoms with Crippen molar-refractivity contribution in [3.8, 4) is 56.0 Å². The first-order chi connectivity index (χ1) is 26.8. The van der Waals surface area contributed by atoms with Crippen molar-refractivity contribution < 1.29 is 12.6 Å². The summed E-state index contributed by atoms with van der Waals surface area (Å²) >= 11 is 0. The second kappa shape index (κ2) is 11.1. The van der Waals surface area contributed by atoms with Crippen molar-refractivity contribution in [2.75, 3.05) is 0 Å². The van der Waals surface area contributed by atoms with Gasteiger partial charge in [0.2, 0.25) is 0 Å². The fourth-order valence-corrected chi connectivity index (χ4v) is 7.39. The Kier molecular flexibility index (Phi) is 5.02. The largest absolute Gasteiger partial charge is 0.455 e. The highest BCUT2D eigenvalue weighted by atomic mass is 16.3. The van der Waals surface area contributed by atoms with Crippen LogP contribution in [0.25, 0.3) is 99.1 Å². The summed E-state index contributed by atoms with van der Waals surface area (Å²) in [7, 11) is 0. The van der Waals surface area contributed by atoms with Crippen LogP contribution in [0.5, 0.6) is 0 Å². The van der Waals surface area contributed by atoms with Gasteiger partial charge in [0.15, 0.2) is 0 Å². The molecule has 1 heteroatoms. The van der Waals surface area contributed by atoms with E-state index in [1.807, 2.05) is 60.7 Å². The Hall–Kier alpha value is -6.44. The average molecular weight is 629 g/mol. The molecule has 0 spiro atoms. The molecule has 0 saturated carbocycles. The lowest BCUT2D eigenvalue weighted by Crippen LogP contribution is -1.89. The lowest BCUT2D eigenvalue weighted by atomic mass is 9.88. The highest BCUT2D eigenvalue weighted by molar-refractivity contribution is 6.25. The Bertz CT molecular complexity index is 3120. The predicted molar refractivity (Wildman–Crippen MR) is 207 cm³/mol. The normalized spacial score (nSPS) is 13.4. The number of hydrogen-bond donors (Lipinski definition) is 0. The molecule has 0 unspecified atom stereocenters. The van der Waals surface area contributed by atoms with E-state index in [0.29, 0.717) is 16.9 Å². The van der Waals surface area contributed by atoms with Crippen LogP contribution in [0.3, 0.4) is 0 Å². The molecule has 228 valence electrons. The summed E-state index contributed by atoms with van der Waals surface area (Å²) in [6.07, 6.45) is 0. The average Bonchev–Trinajstić information content (AvgIpc) is 3.63. The van der Waals surface area contributed by atoms with E-state index in [0.717, 1.165) is 49.9 Å². The van der Waals surface area contributed by atoms with Gasteiger partial charge in [-0.15, -0.1) is 0 Å². The molecule has 0 amide bonds. The molecule has 0 aliphatic rings. The number of benzene rings is 9. The topological polar surface area (TPSA) is 13.1 Å². The quantitative estimate of drug-likeness (QED) is 0.173. The second-order valence-corrected chi connectivity index (χ2v) is 12.4. The second-order valence-electron chi connectivity index (χ2n) is 12.4. The van der Waals surface area contributed by atoms with Gasteiger partial charge >= 0.3 is 0 Å². The Morgan fingerprint density at radius 3 is 1.69 bits per heavy atom. The van der Waals surface area contributed by atoms with Crippen LogP contribution < -0.4 is 0 Å². The molecule has 0 aliphatic carbocycles. The zero-order chi connectivity index (χ0) is 37.5. The summed E-state index contributed by atoms with van der Waals surface area (Å²) in [5.74, 6) is 1.42. The van der Waals surface area contributed by atoms with Crippen LogP contribution in [-0.2, 0) is 0 Å². The molecule has 10 rings (SSSR count). The molecule has 49 heavy (non-hydrogen) atoms. The molecule has 0 aliphatic heterocycles. The van der Waals surface area contributed by atoms with Gasteiger partial charge in [-0.1, -0.05) is 176 Å². The lowest BCUT2D eigenvalue weighted by Gasteiger charge is -2.14. The maximum absolute atomic E-state index is 8.88. The summed E-state index contributed by atoms with van der Waals surface area (Å²) in [5.41, 5.74) is 6.56. The van der Waals surface area contributed by atoms with Crippen LogP contribution in [0.4, 0.5) is 0 Å². The van der Waals surface area contributed by atoms with Gasteiger partial charge in [-0.25, -0.2) is 0 Å². The van der Waals surface area contributed by atoms with E-state index in [2.05, 4.69) is 78.9 Å². The van der Waals surface area contributed by atoms with Crippen LogP contribution in [0.1, 0.15) is 8.22 Å². The molecule has 1 aromatic heterocycles. The van der Waals surface area contributed by atoms with E-state index >= 15 is 0 Å². The molecule has 0 fully saturated rings. The Balaban J connectivity index is 1.25. The molecule has 1 heterocycles.